The van der Waals surface area contributed by atoms with Crippen LogP contribution in [0.5, 0.6) is 0 Å². The van der Waals surface area contributed by atoms with Crippen molar-refractivity contribution in [2.45, 2.75) is 56.8 Å². The van der Waals surface area contributed by atoms with Crippen molar-refractivity contribution in [3.63, 3.8) is 0 Å². The van der Waals surface area contributed by atoms with Crippen LogP contribution in [0.4, 0.5) is 0 Å². The summed E-state index contributed by atoms with van der Waals surface area (Å²) in [6.45, 7) is 1.14. The molecular formula is C20H24ClN2OS+. The first kappa shape index (κ1) is 17.1. The number of fused-ring (bicyclic) bond motifs is 2. The number of carbonyl (C=O) groups excluding carboxylic acids is 1. The van der Waals surface area contributed by atoms with E-state index in [1.165, 1.54) is 24.1 Å². The van der Waals surface area contributed by atoms with Gasteiger partial charge in [-0.25, -0.2) is 0 Å². The number of halogens is 1. The fourth-order valence-electron chi connectivity index (χ4n) is 4.53. The molecule has 2 unspecified atom stereocenters. The van der Waals surface area contributed by atoms with Gasteiger partial charge in [0.15, 0.2) is 0 Å². The molecule has 2 aromatic rings. The van der Waals surface area contributed by atoms with E-state index in [9.17, 15) is 4.79 Å². The minimum Gasteiger partial charge on any atom is -0.349 e. The Morgan fingerprint density at radius 1 is 1.16 bits per heavy atom. The van der Waals surface area contributed by atoms with Gasteiger partial charge in [-0.15, -0.1) is 11.3 Å². The number of quaternary nitrogens is 1. The monoisotopic (exact) mass is 375 g/mol. The highest BCUT2D eigenvalue weighted by Gasteiger charge is 2.42. The van der Waals surface area contributed by atoms with Crippen molar-refractivity contribution in [3.8, 4) is 0 Å². The Bertz CT molecular complexity index is 702. The molecule has 1 aromatic carbocycles. The first-order chi connectivity index (χ1) is 12.2. The molecule has 2 bridgehead atoms. The van der Waals surface area contributed by atoms with Gasteiger partial charge in [0.1, 0.15) is 6.54 Å². The average Bonchev–Trinajstić information content (AvgIpc) is 3.09. The topological polar surface area (TPSA) is 33.5 Å². The predicted molar refractivity (Wildman–Crippen MR) is 102 cm³/mol. The van der Waals surface area contributed by atoms with E-state index in [1.807, 2.05) is 11.3 Å². The number of amides is 1. The molecule has 2 fully saturated rings. The van der Waals surface area contributed by atoms with Crippen molar-refractivity contribution < 1.29 is 9.69 Å². The maximum absolute atomic E-state index is 12.5. The standard InChI is InChI=1S/C20H23ClN2OS/c21-15-8-6-14(7-9-15)20(24)22-16-11-17-3-1-4-18(12-16)23(17)13-19-5-2-10-25-19/h2,5-10,16-18H,1,3-4,11-13H2,(H,22,24)/p+1/t16?,17-,18+. The van der Waals surface area contributed by atoms with Crippen LogP contribution in [0.3, 0.4) is 0 Å². The van der Waals surface area contributed by atoms with E-state index < -0.39 is 0 Å². The van der Waals surface area contributed by atoms with Gasteiger partial charge in [-0.3, -0.25) is 4.79 Å². The quantitative estimate of drug-likeness (QED) is 0.844. The van der Waals surface area contributed by atoms with E-state index in [0.717, 1.165) is 19.4 Å². The molecule has 25 heavy (non-hydrogen) atoms. The van der Waals surface area contributed by atoms with Crippen molar-refractivity contribution in [2.75, 3.05) is 0 Å². The van der Waals surface area contributed by atoms with Crippen LogP contribution in [0.15, 0.2) is 41.8 Å². The van der Waals surface area contributed by atoms with Crippen LogP contribution in [0.1, 0.15) is 47.3 Å². The van der Waals surface area contributed by atoms with Gasteiger partial charge < -0.3 is 10.2 Å². The van der Waals surface area contributed by atoms with Crippen molar-refractivity contribution in [1.29, 1.82) is 0 Å². The molecule has 3 heterocycles. The molecule has 3 nitrogen and oxygen atoms in total. The fraction of sp³-hybridized carbons (Fsp3) is 0.450. The molecule has 0 radical (unpaired) electrons. The molecule has 1 amide bonds. The van der Waals surface area contributed by atoms with Gasteiger partial charge in [0.2, 0.25) is 0 Å². The number of piperidine rings is 2. The zero-order valence-corrected chi connectivity index (χ0v) is 15.8. The van der Waals surface area contributed by atoms with E-state index >= 15 is 0 Å². The highest BCUT2D eigenvalue weighted by atomic mass is 35.5. The highest BCUT2D eigenvalue weighted by Crippen LogP contribution is 2.23. The van der Waals surface area contributed by atoms with Crippen LogP contribution in [-0.2, 0) is 6.54 Å². The summed E-state index contributed by atoms with van der Waals surface area (Å²) in [7, 11) is 0. The lowest BCUT2D eigenvalue weighted by Crippen LogP contribution is -3.20. The lowest BCUT2D eigenvalue weighted by atomic mass is 9.81. The van der Waals surface area contributed by atoms with Gasteiger partial charge in [-0.2, -0.15) is 0 Å². The number of carbonyl (C=O) groups is 1. The van der Waals surface area contributed by atoms with Crippen LogP contribution >= 0.6 is 22.9 Å². The number of hydrogen-bond donors (Lipinski definition) is 2. The summed E-state index contributed by atoms with van der Waals surface area (Å²) in [5.74, 6) is 0.0291. The lowest BCUT2D eigenvalue weighted by Gasteiger charge is -2.45. The third-order valence-corrected chi connectivity index (χ3v) is 6.82. The van der Waals surface area contributed by atoms with E-state index in [-0.39, 0.29) is 5.91 Å². The minimum atomic E-state index is 0.0291. The Morgan fingerprint density at radius 3 is 2.52 bits per heavy atom. The molecular weight excluding hydrogens is 352 g/mol. The van der Waals surface area contributed by atoms with Gasteiger partial charge in [0.05, 0.1) is 17.0 Å². The molecule has 1 aromatic heterocycles. The van der Waals surface area contributed by atoms with Crippen LogP contribution in [-0.4, -0.2) is 24.0 Å². The summed E-state index contributed by atoms with van der Waals surface area (Å²) < 4.78 is 0. The third kappa shape index (κ3) is 3.91. The maximum Gasteiger partial charge on any atom is 0.251 e. The normalized spacial score (nSPS) is 28.5. The second-order valence-corrected chi connectivity index (χ2v) is 8.77. The second kappa shape index (κ2) is 7.48. The van der Waals surface area contributed by atoms with Crippen molar-refractivity contribution in [2.24, 2.45) is 0 Å². The number of benzene rings is 1. The lowest BCUT2D eigenvalue weighted by molar-refractivity contribution is -0.973. The molecule has 0 aliphatic carbocycles. The van der Waals surface area contributed by atoms with Gasteiger partial charge in [-0.1, -0.05) is 17.7 Å². The molecule has 0 spiro atoms. The fourth-order valence-corrected chi connectivity index (χ4v) is 5.39. The number of rotatable bonds is 4. The van der Waals surface area contributed by atoms with Crippen LogP contribution in [0.25, 0.3) is 0 Å². The minimum absolute atomic E-state index is 0.0291. The van der Waals surface area contributed by atoms with Gasteiger partial charge in [0, 0.05) is 29.5 Å². The maximum atomic E-state index is 12.5. The molecule has 132 valence electrons. The molecule has 2 aliphatic heterocycles. The Kier molecular flexibility index (Phi) is 5.11. The Hall–Kier alpha value is -1.36. The van der Waals surface area contributed by atoms with Crippen LogP contribution in [0, 0.1) is 0 Å². The molecule has 2 N–H and O–H groups in total. The van der Waals surface area contributed by atoms with Crippen molar-refractivity contribution in [3.05, 3.63) is 57.2 Å². The summed E-state index contributed by atoms with van der Waals surface area (Å²) in [4.78, 5) is 15.7. The number of nitrogens with one attached hydrogen (secondary N) is 2. The zero-order chi connectivity index (χ0) is 17.2. The van der Waals surface area contributed by atoms with E-state index in [1.54, 1.807) is 29.2 Å². The molecule has 2 aliphatic rings. The van der Waals surface area contributed by atoms with Gasteiger partial charge in [0.25, 0.3) is 5.91 Å². The van der Waals surface area contributed by atoms with E-state index in [4.69, 9.17) is 11.6 Å². The second-order valence-electron chi connectivity index (χ2n) is 7.30. The predicted octanol–water partition coefficient (Wildman–Crippen LogP) is 3.30. The van der Waals surface area contributed by atoms with Crippen LogP contribution in [0.2, 0.25) is 5.02 Å². The largest absolute Gasteiger partial charge is 0.349 e. The summed E-state index contributed by atoms with van der Waals surface area (Å²) >= 11 is 7.78. The Labute approximate surface area is 158 Å². The number of thiophene rings is 1. The summed E-state index contributed by atoms with van der Waals surface area (Å²) in [5, 5.41) is 6.10. The first-order valence-corrected chi connectivity index (χ1v) is 10.4. The average molecular weight is 376 g/mol. The Morgan fingerprint density at radius 2 is 1.88 bits per heavy atom. The summed E-state index contributed by atoms with van der Waals surface area (Å²) in [6.07, 6.45) is 6.09. The number of hydrogen-bond acceptors (Lipinski definition) is 2. The molecule has 5 heteroatoms. The van der Waals surface area contributed by atoms with Crippen molar-refractivity contribution in [1.82, 2.24) is 5.32 Å². The molecule has 4 atom stereocenters. The highest BCUT2D eigenvalue weighted by molar-refractivity contribution is 7.09. The van der Waals surface area contributed by atoms with E-state index in [0.29, 0.717) is 28.7 Å². The van der Waals surface area contributed by atoms with E-state index in [2.05, 4.69) is 22.8 Å². The molecule has 4 rings (SSSR count). The first-order valence-electron chi connectivity index (χ1n) is 9.13. The third-order valence-electron chi connectivity index (χ3n) is 5.69. The van der Waals surface area contributed by atoms with Crippen molar-refractivity contribution >= 4 is 28.8 Å². The SMILES string of the molecule is O=C(NC1C[C@H]2CCC[C@@H](C1)[NH+]2Cc1cccs1)c1ccc(Cl)cc1. The summed E-state index contributed by atoms with van der Waals surface area (Å²) in [5.41, 5.74) is 0.697. The Balaban J connectivity index is 1.40. The zero-order valence-electron chi connectivity index (χ0n) is 14.2. The van der Waals surface area contributed by atoms with Crippen LogP contribution < -0.4 is 10.2 Å². The smallest absolute Gasteiger partial charge is 0.251 e. The summed E-state index contributed by atoms with van der Waals surface area (Å²) in [6, 6.07) is 13.2. The molecule has 0 saturated carbocycles. The van der Waals surface area contributed by atoms with Gasteiger partial charge >= 0.3 is 0 Å². The van der Waals surface area contributed by atoms with Gasteiger partial charge in [-0.05, 0) is 55.0 Å². The molecule has 2 saturated heterocycles.